The first-order valence-electron chi connectivity index (χ1n) is 28.2. The second kappa shape index (κ2) is 17.1. The lowest BCUT2D eigenvalue weighted by Gasteiger charge is -2.50. The number of hydrogen-bond acceptors (Lipinski definition) is 12. The number of fused-ring (bicyclic) bond motifs is 21. The Morgan fingerprint density at radius 2 is 0.464 bits per heavy atom. The van der Waals surface area contributed by atoms with Gasteiger partial charge in [-0.1, -0.05) is 127 Å². The van der Waals surface area contributed by atoms with Crippen molar-refractivity contribution in [3.63, 3.8) is 0 Å². The predicted octanol–water partition coefficient (Wildman–Crippen LogP) is 13.6. The lowest BCUT2D eigenvalue weighted by atomic mass is 9.56. The van der Waals surface area contributed by atoms with Gasteiger partial charge in [-0.05, 0) is 109 Å². The van der Waals surface area contributed by atoms with Crippen molar-refractivity contribution in [3.8, 4) is 17.5 Å². The number of rotatable bonds is 6. The fourth-order valence-electron chi connectivity index (χ4n) is 14.1. The molecule has 0 bridgehead atoms. The van der Waals surface area contributed by atoms with Crippen LogP contribution in [-0.4, -0.2) is 65.0 Å². The van der Waals surface area contributed by atoms with E-state index in [1.807, 2.05) is 36.8 Å². The number of para-hydroxylation sites is 6. The summed E-state index contributed by atoms with van der Waals surface area (Å²) in [6.07, 6.45) is 5.66. The average Bonchev–Trinajstić information content (AvgIpc) is 1.70. The molecule has 0 aliphatic carbocycles. The molecule has 1 saturated heterocycles. The molecule has 6 aromatic carbocycles. The Morgan fingerprint density at radius 3 is 0.726 bits per heavy atom. The molecule has 19 rings (SSSR count). The first-order chi connectivity index (χ1) is 41.7. The Balaban J connectivity index is 0.856. The number of anilines is 9. The molecule has 0 saturated carbocycles. The van der Waals surface area contributed by atoms with Gasteiger partial charge in [0.25, 0.3) is 0 Å². The molecule has 13 heterocycles. The summed E-state index contributed by atoms with van der Waals surface area (Å²) in [5.74, 6) is 6.87. The van der Waals surface area contributed by atoms with Gasteiger partial charge < -0.3 is 28.6 Å². The molecule has 15 aromatic rings. The first-order valence-corrected chi connectivity index (χ1v) is 28.2. The summed E-state index contributed by atoms with van der Waals surface area (Å²) in [5.41, 5.74) is 9.11. The smallest absolute Gasteiger partial charge is 0.366 e. The van der Waals surface area contributed by atoms with Crippen molar-refractivity contribution in [3.05, 3.63) is 255 Å². The topological polar surface area (TPSA) is 112 Å². The fraction of sp³-hybridized carbons (Fsp3) is 0. The highest BCUT2D eigenvalue weighted by molar-refractivity contribution is 7.11. The Labute approximate surface area is 481 Å². The van der Waals surface area contributed by atoms with E-state index < -0.39 is 21.4 Å². The summed E-state index contributed by atoms with van der Waals surface area (Å²) < 4.78 is 14.0. The zero-order chi connectivity index (χ0) is 54.7. The highest BCUT2D eigenvalue weighted by Gasteiger charge is 2.71. The standard InChI is InChI=1S/C66H42B3N15/c1-7-25-49-43(19-1)44-20-2-8-26-50(44)76(49)58-34-13-37-61(73-58)79-55-31-16-40-70-64(55)82-67(79)83-65-56(32-17-41-71-65)80(62-38-14-35-59(74-62)77-51-27-9-3-21-45(51)46-22-4-10-28-52(46)77)69(83)84-66-57(33-18-42-72-66)81(68(82)84)63-39-15-36-60(75-63)78-53-29-11-5-23-47(53)48-24-6-12-30-54(48)78/h1-42H. The third-order valence-electron chi connectivity index (χ3n) is 17.3. The van der Waals surface area contributed by atoms with Crippen LogP contribution in [0.2, 0.25) is 0 Å². The van der Waals surface area contributed by atoms with Gasteiger partial charge in [0.1, 0.15) is 52.4 Å². The van der Waals surface area contributed by atoms with Gasteiger partial charge >= 0.3 is 21.4 Å². The summed E-state index contributed by atoms with van der Waals surface area (Å²) in [6.45, 7) is 0. The Kier molecular flexibility index (Phi) is 9.22. The highest BCUT2D eigenvalue weighted by atomic mass is 15.6. The molecule has 9 aromatic heterocycles. The molecule has 0 atom stereocenters. The van der Waals surface area contributed by atoms with E-state index in [1.165, 1.54) is 32.3 Å². The Morgan fingerprint density at radius 1 is 0.226 bits per heavy atom. The van der Waals surface area contributed by atoms with Crippen molar-refractivity contribution in [2.24, 2.45) is 0 Å². The van der Waals surface area contributed by atoms with Crippen LogP contribution in [0.3, 0.4) is 0 Å². The number of benzene rings is 6. The summed E-state index contributed by atoms with van der Waals surface area (Å²) in [4.78, 5) is 40.3. The van der Waals surface area contributed by atoms with Gasteiger partial charge in [-0.25, -0.2) is 29.9 Å². The van der Waals surface area contributed by atoms with Crippen molar-refractivity contribution >= 4 is 139 Å². The maximum absolute atomic E-state index is 5.72. The lowest BCUT2D eigenvalue weighted by Crippen LogP contribution is -2.84. The molecule has 4 aliphatic rings. The van der Waals surface area contributed by atoms with E-state index in [9.17, 15) is 0 Å². The molecular weight excluding hydrogens is 1040 g/mol. The van der Waals surface area contributed by atoms with Crippen molar-refractivity contribution < 1.29 is 0 Å². The van der Waals surface area contributed by atoms with Crippen LogP contribution in [0.25, 0.3) is 82.9 Å². The molecule has 18 heteroatoms. The van der Waals surface area contributed by atoms with E-state index in [-0.39, 0.29) is 0 Å². The van der Waals surface area contributed by atoms with E-state index in [2.05, 4.69) is 261 Å². The van der Waals surface area contributed by atoms with Crippen molar-refractivity contribution in [2.75, 3.05) is 28.6 Å². The van der Waals surface area contributed by atoms with Crippen LogP contribution in [0.5, 0.6) is 0 Å². The van der Waals surface area contributed by atoms with Crippen LogP contribution in [0.4, 0.5) is 52.0 Å². The minimum absolute atomic E-state index is 0.626. The van der Waals surface area contributed by atoms with E-state index in [1.54, 1.807) is 0 Å². The van der Waals surface area contributed by atoms with Gasteiger partial charge in [-0.2, -0.15) is 0 Å². The zero-order valence-corrected chi connectivity index (χ0v) is 44.7. The second-order valence-electron chi connectivity index (χ2n) is 21.6. The minimum atomic E-state index is -0.626. The SMILES string of the molecule is c1cc(N2B3N(B4N(B5N3c3ncccc3N5c3cccc(-n5c6ccccc6c6ccccc65)n3)c3ncccc3N4c3cccc(-n4c5ccccc5c5ccccc54)n3)c3ncccc32)nc(-n2c3ccccc3c3ccccc32)c1. The molecule has 0 spiro atoms. The van der Waals surface area contributed by atoms with E-state index in [4.69, 9.17) is 29.9 Å². The summed E-state index contributed by atoms with van der Waals surface area (Å²) in [6, 6.07) is 82.9. The number of nitrogens with zero attached hydrogens (tertiary/aromatic N) is 15. The number of aromatic nitrogens is 9. The van der Waals surface area contributed by atoms with Crippen LogP contribution >= 0.6 is 0 Å². The minimum Gasteiger partial charge on any atom is -0.366 e. The van der Waals surface area contributed by atoms with Gasteiger partial charge in [0.2, 0.25) is 0 Å². The molecule has 0 unspecified atom stereocenters. The number of pyridine rings is 6. The summed E-state index contributed by atoms with van der Waals surface area (Å²) >= 11 is 0. The fourth-order valence-corrected chi connectivity index (χ4v) is 14.1. The van der Waals surface area contributed by atoms with Crippen LogP contribution in [-0.2, 0) is 0 Å². The first kappa shape index (κ1) is 45.4. The van der Waals surface area contributed by atoms with Crippen LogP contribution < -0.4 is 28.6 Å². The van der Waals surface area contributed by atoms with Gasteiger partial charge in [0.15, 0.2) is 0 Å². The molecule has 0 radical (unpaired) electrons. The molecule has 84 heavy (non-hydrogen) atoms. The van der Waals surface area contributed by atoms with E-state index in [0.29, 0.717) is 0 Å². The van der Waals surface area contributed by atoms with E-state index >= 15 is 0 Å². The Bertz CT molecular complexity index is 4570. The largest absolute Gasteiger partial charge is 0.493 e. The van der Waals surface area contributed by atoms with Crippen molar-refractivity contribution in [1.29, 1.82) is 0 Å². The van der Waals surface area contributed by atoms with Crippen LogP contribution in [0.1, 0.15) is 0 Å². The van der Waals surface area contributed by atoms with Gasteiger partial charge in [0.05, 0.1) is 50.2 Å². The average molecular weight is 1080 g/mol. The second-order valence-corrected chi connectivity index (χ2v) is 21.6. The third kappa shape index (κ3) is 6.06. The van der Waals surface area contributed by atoms with Crippen molar-refractivity contribution in [2.45, 2.75) is 0 Å². The molecule has 390 valence electrons. The third-order valence-corrected chi connectivity index (χ3v) is 17.3. The van der Waals surface area contributed by atoms with Gasteiger partial charge in [-0.15, -0.1) is 0 Å². The van der Waals surface area contributed by atoms with Crippen LogP contribution in [0, 0.1) is 0 Å². The molecule has 4 aliphatic heterocycles. The summed E-state index contributed by atoms with van der Waals surface area (Å²) in [7, 11) is -1.88. The molecule has 0 amide bonds. The van der Waals surface area contributed by atoms with E-state index in [0.717, 1.165) is 103 Å². The highest BCUT2D eigenvalue weighted by Crippen LogP contribution is 2.56. The predicted molar refractivity (Wildman–Crippen MR) is 340 cm³/mol. The quantitative estimate of drug-likeness (QED) is 0.148. The number of hydrogen-bond donors (Lipinski definition) is 0. The molecule has 15 nitrogen and oxygen atoms in total. The lowest BCUT2D eigenvalue weighted by molar-refractivity contribution is 1.06. The summed E-state index contributed by atoms with van der Waals surface area (Å²) in [5, 5.41) is 6.99. The van der Waals surface area contributed by atoms with Gasteiger partial charge in [-0.3, -0.25) is 13.7 Å². The maximum atomic E-state index is 5.72. The molecule has 0 N–H and O–H groups in total. The van der Waals surface area contributed by atoms with Crippen molar-refractivity contribution in [1.82, 2.24) is 43.6 Å². The monoisotopic (exact) mass is 1080 g/mol. The normalized spacial score (nSPS) is 14.2. The van der Waals surface area contributed by atoms with Crippen LogP contribution in [0.15, 0.2) is 255 Å². The zero-order valence-electron chi connectivity index (χ0n) is 44.7. The van der Waals surface area contributed by atoms with Gasteiger partial charge in [0, 0.05) is 50.9 Å². The molecule has 1 fully saturated rings. The maximum Gasteiger partial charge on any atom is 0.493 e. The molecular formula is C66H42B3N15. The Hall–Kier alpha value is -11.4.